The zero-order chi connectivity index (χ0) is 17.1. The van der Waals surface area contributed by atoms with Crippen LogP contribution in [0.15, 0.2) is 48.7 Å². The van der Waals surface area contributed by atoms with Gasteiger partial charge in [-0.1, -0.05) is 23.4 Å². The molecule has 1 fully saturated rings. The van der Waals surface area contributed by atoms with Crippen LogP contribution in [0.5, 0.6) is 0 Å². The van der Waals surface area contributed by atoms with Crippen LogP contribution >= 0.6 is 0 Å². The maximum absolute atomic E-state index is 12.4. The molecule has 1 aliphatic rings. The van der Waals surface area contributed by atoms with Crippen molar-refractivity contribution >= 4 is 22.8 Å². The number of carbonyl (C=O) groups excluding carboxylic acids is 1. The second-order valence-corrected chi connectivity index (χ2v) is 6.28. The number of fused-ring (bicyclic) bond motifs is 1. The number of rotatable bonds is 4. The van der Waals surface area contributed by atoms with Crippen molar-refractivity contribution in [3.05, 3.63) is 48.7 Å². The number of nitrogens with one attached hydrogen (secondary N) is 1. The molecule has 7 heteroatoms. The van der Waals surface area contributed by atoms with E-state index >= 15 is 0 Å². The van der Waals surface area contributed by atoms with E-state index in [2.05, 4.69) is 25.5 Å². The lowest BCUT2D eigenvalue weighted by atomic mass is 10.1. The zero-order valence-corrected chi connectivity index (χ0v) is 13.9. The predicted molar refractivity (Wildman–Crippen MR) is 95.1 cm³/mol. The van der Waals surface area contributed by atoms with E-state index < -0.39 is 0 Å². The summed E-state index contributed by atoms with van der Waals surface area (Å²) in [6.45, 7) is 1.93. The SMILES string of the molecule is O=C(Cn1nnc2ccccc21)N[C@@H]1CCCN(c2ccccn2)C1. The van der Waals surface area contributed by atoms with Gasteiger partial charge in [0.2, 0.25) is 5.91 Å². The summed E-state index contributed by atoms with van der Waals surface area (Å²) in [5, 5.41) is 11.3. The van der Waals surface area contributed by atoms with Gasteiger partial charge in [-0.25, -0.2) is 9.67 Å². The summed E-state index contributed by atoms with van der Waals surface area (Å²) in [5.41, 5.74) is 1.67. The largest absolute Gasteiger partial charge is 0.355 e. The number of amides is 1. The number of nitrogens with zero attached hydrogens (tertiary/aromatic N) is 5. The van der Waals surface area contributed by atoms with Gasteiger partial charge in [-0.15, -0.1) is 5.10 Å². The number of anilines is 1. The fraction of sp³-hybridized carbons (Fsp3) is 0.333. The number of hydrogen-bond acceptors (Lipinski definition) is 5. The maximum Gasteiger partial charge on any atom is 0.242 e. The van der Waals surface area contributed by atoms with Gasteiger partial charge in [0.1, 0.15) is 17.9 Å². The first-order valence-electron chi connectivity index (χ1n) is 8.53. The van der Waals surface area contributed by atoms with Crippen LogP contribution in [0.1, 0.15) is 12.8 Å². The van der Waals surface area contributed by atoms with Crippen LogP contribution in [0.25, 0.3) is 11.0 Å². The van der Waals surface area contributed by atoms with Gasteiger partial charge in [-0.2, -0.15) is 0 Å². The van der Waals surface area contributed by atoms with Gasteiger partial charge in [-0.3, -0.25) is 4.79 Å². The number of aromatic nitrogens is 4. The Labute approximate surface area is 145 Å². The van der Waals surface area contributed by atoms with E-state index in [0.29, 0.717) is 0 Å². The standard InChI is InChI=1S/C18H20N6O/c25-18(13-24-16-8-2-1-7-15(16)21-22-24)20-14-6-5-11-23(12-14)17-9-3-4-10-19-17/h1-4,7-10,14H,5-6,11-13H2,(H,20,25)/t14-/m1/s1. The fourth-order valence-electron chi connectivity index (χ4n) is 3.29. The van der Waals surface area contributed by atoms with Crippen LogP contribution in [-0.2, 0) is 11.3 Å². The Hall–Kier alpha value is -2.96. The second kappa shape index (κ2) is 6.88. The van der Waals surface area contributed by atoms with Crippen molar-refractivity contribution < 1.29 is 4.79 Å². The number of piperidine rings is 1. The lowest BCUT2D eigenvalue weighted by molar-refractivity contribution is -0.122. The molecule has 4 rings (SSSR count). The van der Waals surface area contributed by atoms with Crippen molar-refractivity contribution in [2.24, 2.45) is 0 Å². The third-order valence-corrected chi connectivity index (χ3v) is 4.47. The van der Waals surface area contributed by atoms with Crippen molar-refractivity contribution in [3.8, 4) is 0 Å². The van der Waals surface area contributed by atoms with Crippen molar-refractivity contribution in [2.75, 3.05) is 18.0 Å². The summed E-state index contributed by atoms with van der Waals surface area (Å²) in [4.78, 5) is 19.1. The van der Waals surface area contributed by atoms with E-state index in [-0.39, 0.29) is 18.5 Å². The minimum absolute atomic E-state index is 0.0384. The number of pyridine rings is 1. The first-order valence-corrected chi connectivity index (χ1v) is 8.53. The second-order valence-electron chi connectivity index (χ2n) is 6.28. The van der Waals surface area contributed by atoms with Gasteiger partial charge in [0.05, 0.1) is 5.52 Å². The van der Waals surface area contributed by atoms with E-state index in [9.17, 15) is 4.79 Å². The highest BCUT2D eigenvalue weighted by Crippen LogP contribution is 2.17. The molecule has 128 valence electrons. The molecule has 1 aliphatic heterocycles. The maximum atomic E-state index is 12.4. The Morgan fingerprint density at radius 2 is 2.08 bits per heavy atom. The molecule has 2 aromatic heterocycles. The number of hydrogen-bond donors (Lipinski definition) is 1. The summed E-state index contributed by atoms with van der Waals surface area (Å²) < 4.78 is 1.64. The Morgan fingerprint density at radius 3 is 2.96 bits per heavy atom. The normalized spacial score (nSPS) is 17.6. The van der Waals surface area contributed by atoms with E-state index in [1.54, 1.807) is 10.9 Å². The van der Waals surface area contributed by atoms with Gasteiger partial charge in [0.15, 0.2) is 0 Å². The molecule has 1 atom stereocenters. The van der Waals surface area contributed by atoms with Gasteiger partial charge in [0, 0.05) is 25.3 Å². The summed E-state index contributed by atoms with van der Waals surface area (Å²) in [6.07, 6.45) is 3.81. The van der Waals surface area contributed by atoms with Crippen molar-refractivity contribution in [1.82, 2.24) is 25.3 Å². The molecule has 0 spiro atoms. The third kappa shape index (κ3) is 3.45. The van der Waals surface area contributed by atoms with Crippen molar-refractivity contribution in [3.63, 3.8) is 0 Å². The van der Waals surface area contributed by atoms with Crippen LogP contribution in [0.3, 0.4) is 0 Å². The molecule has 7 nitrogen and oxygen atoms in total. The Morgan fingerprint density at radius 1 is 1.20 bits per heavy atom. The molecule has 0 unspecified atom stereocenters. The van der Waals surface area contributed by atoms with Gasteiger partial charge in [0.25, 0.3) is 0 Å². The van der Waals surface area contributed by atoms with Crippen LogP contribution < -0.4 is 10.2 Å². The summed E-state index contributed by atoms with van der Waals surface area (Å²) >= 11 is 0. The molecule has 3 heterocycles. The average Bonchev–Trinajstić information content (AvgIpc) is 3.06. The minimum atomic E-state index is -0.0384. The number of carbonyl (C=O) groups is 1. The molecular weight excluding hydrogens is 316 g/mol. The molecule has 0 radical (unpaired) electrons. The Balaban J connectivity index is 1.39. The van der Waals surface area contributed by atoms with Gasteiger partial charge in [-0.05, 0) is 37.1 Å². The van der Waals surface area contributed by atoms with Crippen LogP contribution in [0.2, 0.25) is 0 Å². The van der Waals surface area contributed by atoms with Crippen molar-refractivity contribution in [1.29, 1.82) is 0 Å². The number of benzene rings is 1. The number of para-hydroxylation sites is 1. The molecular formula is C18H20N6O. The first-order chi connectivity index (χ1) is 12.3. The molecule has 1 saturated heterocycles. The summed E-state index contributed by atoms with van der Waals surface area (Å²) in [7, 11) is 0. The highest BCUT2D eigenvalue weighted by Gasteiger charge is 2.22. The Bertz CT molecular complexity index is 862. The molecule has 1 amide bonds. The van der Waals surface area contributed by atoms with Gasteiger partial charge < -0.3 is 10.2 Å². The predicted octanol–water partition coefficient (Wildman–Crippen LogP) is 1.61. The van der Waals surface area contributed by atoms with Crippen LogP contribution in [0, 0.1) is 0 Å². The zero-order valence-electron chi connectivity index (χ0n) is 13.9. The monoisotopic (exact) mass is 336 g/mol. The summed E-state index contributed by atoms with van der Waals surface area (Å²) in [6, 6.07) is 13.7. The highest BCUT2D eigenvalue weighted by molar-refractivity contribution is 5.80. The fourth-order valence-corrected chi connectivity index (χ4v) is 3.29. The molecule has 0 bridgehead atoms. The molecule has 1 N–H and O–H groups in total. The Kier molecular flexibility index (Phi) is 4.28. The van der Waals surface area contributed by atoms with E-state index in [1.165, 1.54) is 0 Å². The van der Waals surface area contributed by atoms with Crippen LogP contribution in [-0.4, -0.2) is 45.0 Å². The third-order valence-electron chi connectivity index (χ3n) is 4.47. The molecule has 0 saturated carbocycles. The molecule has 0 aliphatic carbocycles. The molecule has 1 aromatic carbocycles. The van der Waals surface area contributed by atoms with E-state index in [1.807, 2.05) is 42.5 Å². The minimum Gasteiger partial charge on any atom is -0.355 e. The highest BCUT2D eigenvalue weighted by atomic mass is 16.2. The van der Waals surface area contributed by atoms with E-state index in [4.69, 9.17) is 0 Å². The summed E-state index contributed by atoms with van der Waals surface area (Å²) in [5.74, 6) is 0.923. The van der Waals surface area contributed by atoms with Gasteiger partial charge >= 0.3 is 0 Å². The first kappa shape index (κ1) is 15.6. The lowest BCUT2D eigenvalue weighted by Crippen LogP contribution is -2.48. The topological polar surface area (TPSA) is 75.9 Å². The lowest BCUT2D eigenvalue weighted by Gasteiger charge is -2.33. The van der Waals surface area contributed by atoms with E-state index in [0.717, 1.165) is 42.8 Å². The average molecular weight is 336 g/mol. The molecule has 3 aromatic rings. The quantitative estimate of drug-likeness (QED) is 0.783. The van der Waals surface area contributed by atoms with Crippen molar-refractivity contribution in [2.45, 2.75) is 25.4 Å². The smallest absolute Gasteiger partial charge is 0.242 e. The van der Waals surface area contributed by atoms with Crippen LogP contribution in [0.4, 0.5) is 5.82 Å². The molecule has 25 heavy (non-hydrogen) atoms.